The van der Waals surface area contributed by atoms with Crippen molar-refractivity contribution >= 4 is 27.3 Å². The zero-order chi connectivity index (χ0) is 23.2. The van der Waals surface area contributed by atoms with Crippen LogP contribution in [0.2, 0.25) is 0 Å². The minimum Gasteiger partial charge on any atom is -0.336 e. The van der Waals surface area contributed by atoms with Crippen LogP contribution in [-0.2, 0) is 22.4 Å². The van der Waals surface area contributed by atoms with Gasteiger partial charge < -0.3 is 4.90 Å². The van der Waals surface area contributed by atoms with Crippen molar-refractivity contribution in [3.05, 3.63) is 51.9 Å². The van der Waals surface area contributed by atoms with E-state index in [1.165, 1.54) is 6.07 Å². The van der Waals surface area contributed by atoms with Crippen LogP contribution in [-0.4, -0.2) is 49.7 Å². The number of aryl methyl sites for hydroxylation is 1. The van der Waals surface area contributed by atoms with Crippen molar-refractivity contribution in [1.82, 2.24) is 9.21 Å². The van der Waals surface area contributed by atoms with E-state index in [-0.39, 0.29) is 36.5 Å². The summed E-state index contributed by atoms with van der Waals surface area (Å²) >= 11 is 1.08. The highest BCUT2D eigenvalue weighted by Gasteiger charge is 2.38. The minimum atomic E-state index is -5.07. The second-order valence-electron chi connectivity index (χ2n) is 6.86. The van der Waals surface area contributed by atoms with Crippen molar-refractivity contribution in [2.45, 2.75) is 23.5 Å². The molecule has 0 bridgehead atoms. The number of nitrogens with zero attached hydrogens (tertiary/aromatic N) is 2. The Hall–Kier alpha value is -2.12. The molecule has 1 aliphatic rings. The second kappa shape index (κ2) is 8.10. The van der Waals surface area contributed by atoms with E-state index < -0.39 is 45.0 Å². The third-order valence-electron chi connectivity index (χ3n) is 4.67. The number of rotatable bonds is 3. The normalized spacial score (nSPS) is 16.5. The lowest BCUT2D eigenvalue weighted by molar-refractivity contribution is -0.143. The average Bonchev–Trinajstić information content (AvgIpc) is 3.13. The number of alkyl halides is 6. The predicted octanol–water partition coefficient (Wildman–Crippen LogP) is 4.24. The molecular weight excluding hydrogens is 470 g/mol. The summed E-state index contributed by atoms with van der Waals surface area (Å²) in [4.78, 5) is 14.4. The number of thiophene rings is 1. The lowest BCUT2D eigenvalue weighted by Gasteiger charge is -2.34. The van der Waals surface area contributed by atoms with Crippen molar-refractivity contribution in [3.63, 3.8) is 0 Å². The Morgan fingerprint density at radius 2 is 1.42 bits per heavy atom. The fourth-order valence-corrected chi connectivity index (χ4v) is 5.93. The molecule has 1 fully saturated rings. The maximum absolute atomic E-state index is 13.0. The monoisotopic (exact) mass is 486 g/mol. The number of carbonyl (C=O) groups excluding carboxylic acids is 1. The Morgan fingerprint density at radius 1 is 0.903 bits per heavy atom. The van der Waals surface area contributed by atoms with Crippen molar-refractivity contribution in [1.29, 1.82) is 0 Å². The maximum atomic E-state index is 13.0. The van der Waals surface area contributed by atoms with Gasteiger partial charge in [-0.1, -0.05) is 0 Å². The molecule has 0 aliphatic carbocycles. The standard InChI is InChI=1S/C18H16F6N2O3S2/c1-11-2-3-15(30-11)31(28,29)26-6-4-25(5-7-26)16(27)12-8-13(17(19,20)21)10-14(9-12)18(22,23)24/h2-3,8-10H,4-7H2,1H3. The van der Waals surface area contributed by atoms with Gasteiger partial charge in [-0.3, -0.25) is 4.79 Å². The highest BCUT2D eigenvalue weighted by atomic mass is 32.2. The fourth-order valence-electron chi connectivity index (χ4n) is 3.07. The number of benzene rings is 1. The first-order valence-corrected chi connectivity index (χ1v) is 11.1. The molecule has 1 aromatic carbocycles. The van der Waals surface area contributed by atoms with E-state index in [0.717, 1.165) is 25.4 Å². The summed E-state index contributed by atoms with van der Waals surface area (Å²) in [5, 5.41) is 0. The fraction of sp³-hybridized carbons (Fsp3) is 0.389. The Labute approximate surface area is 177 Å². The summed E-state index contributed by atoms with van der Waals surface area (Å²) in [7, 11) is -3.79. The Bertz CT molecular complexity index is 1050. The first kappa shape index (κ1) is 23.5. The Balaban J connectivity index is 1.81. The molecule has 1 aliphatic heterocycles. The van der Waals surface area contributed by atoms with E-state index in [9.17, 15) is 39.6 Å². The molecule has 1 amide bonds. The smallest absolute Gasteiger partial charge is 0.336 e. The summed E-state index contributed by atoms with van der Waals surface area (Å²) < 4.78 is 105. The predicted molar refractivity (Wildman–Crippen MR) is 100 cm³/mol. The number of amides is 1. The van der Waals surface area contributed by atoms with Crippen LogP contribution < -0.4 is 0 Å². The molecule has 0 atom stereocenters. The summed E-state index contributed by atoms with van der Waals surface area (Å²) in [5.41, 5.74) is -3.92. The van der Waals surface area contributed by atoms with Gasteiger partial charge in [-0.05, 0) is 37.3 Å². The molecule has 0 saturated carbocycles. The molecule has 5 nitrogen and oxygen atoms in total. The molecule has 0 unspecified atom stereocenters. The summed E-state index contributed by atoms with van der Waals surface area (Å²) in [5.74, 6) is -1.03. The van der Waals surface area contributed by atoms with Crippen molar-refractivity contribution in [3.8, 4) is 0 Å². The van der Waals surface area contributed by atoms with Gasteiger partial charge in [0.25, 0.3) is 15.9 Å². The van der Waals surface area contributed by atoms with Gasteiger partial charge in [0.05, 0.1) is 11.1 Å². The lowest BCUT2D eigenvalue weighted by atomic mass is 10.0. The zero-order valence-electron chi connectivity index (χ0n) is 15.9. The highest BCUT2D eigenvalue weighted by Crippen LogP contribution is 2.36. The van der Waals surface area contributed by atoms with Gasteiger partial charge in [-0.25, -0.2) is 8.42 Å². The van der Waals surface area contributed by atoms with Crippen LogP contribution in [0.15, 0.2) is 34.5 Å². The van der Waals surface area contributed by atoms with Crippen molar-refractivity contribution in [2.75, 3.05) is 26.2 Å². The van der Waals surface area contributed by atoms with Gasteiger partial charge in [0, 0.05) is 36.6 Å². The largest absolute Gasteiger partial charge is 0.416 e. The molecule has 0 radical (unpaired) electrons. The number of sulfonamides is 1. The zero-order valence-corrected chi connectivity index (χ0v) is 17.6. The molecule has 170 valence electrons. The van der Waals surface area contributed by atoms with Crippen LogP contribution in [0.1, 0.15) is 26.4 Å². The van der Waals surface area contributed by atoms with Gasteiger partial charge in [0.2, 0.25) is 0 Å². The first-order valence-electron chi connectivity index (χ1n) is 8.85. The quantitative estimate of drug-likeness (QED) is 0.610. The summed E-state index contributed by atoms with van der Waals surface area (Å²) in [6, 6.07) is 3.78. The number of piperazine rings is 1. The average molecular weight is 486 g/mol. The molecule has 3 rings (SSSR count). The van der Waals surface area contributed by atoms with E-state index in [0.29, 0.717) is 12.1 Å². The topological polar surface area (TPSA) is 57.7 Å². The lowest BCUT2D eigenvalue weighted by Crippen LogP contribution is -2.50. The van der Waals surface area contributed by atoms with Gasteiger partial charge in [-0.15, -0.1) is 11.3 Å². The molecule has 0 spiro atoms. The molecule has 2 aromatic rings. The van der Waals surface area contributed by atoms with Gasteiger partial charge in [0.1, 0.15) is 4.21 Å². The number of hydrogen-bond donors (Lipinski definition) is 0. The van der Waals surface area contributed by atoms with Crippen molar-refractivity contribution < 1.29 is 39.6 Å². The Morgan fingerprint density at radius 3 is 1.84 bits per heavy atom. The number of carbonyl (C=O) groups is 1. The number of hydrogen-bond acceptors (Lipinski definition) is 4. The van der Waals surface area contributed by atoms with E-state index in [4.69, 9.17) is 0 Å². The van der Waals surface area contributed by atoms with E-state index in [1.807, 2.05) is 0 Å². The van der Waals surface area contributed by atoms with Gasteiger partial charge >= 0.3 is 12.4 Å². The summed E-state index contributed by atoms with van der Waals surface area (Å²) in [6.07, 6.45) is -10.1. The first-order chi connectivity index (χ1) is 14.2. The Kier molecular flexibility index (Phi) is 6.15. The molecular formula is C18H16F6N2O3S2. The van der Waals surface area contributed by atoms with Gasteiger partial charge in [0.15, 0.2) is 0 Å². The van der Waals surface area contributed by atoms with E-state index >= 15 is 0 Å². The van der Waals surface area contributed by atoms with Crippen LogP contribution >= 0.6 is 11.3 Å². The van der Waals surface area contributed by atoms with Gasteiger partial charge in [-0.2, -0.15) is 30.6 Å². The van der Waals surface area contributed by atoms with E-state index in [2.05, 4.69) is 0 Å². The molecule has 1 saturated heterocycles. The minimum absolute atomic E-state index is 0.0513. The van der Waals surface area contributed by atoms with Crippen LogP contribution in [0, 0.1) is 6.92 Å². The van der Waals surface area contributed by atoms with Crippen LogP contribution in [0.3, 0.4) is 0 Å². The van der Waals surface area contributed by atoms with E-state index in [1.54, 1.807) is 13.0 Å². The molecule has 1 aromatic heterocycles. The molecule has 31 heavy (non-hydrogen) atoms. The molecule has 0 N–H and O–H groups in total. The third kappa shape index (κ3) is 5.04. The van der Waals surface area contributed by atoms with Crippen LogP contribution in [0.5, 0.6) is 0 Å². The third-order valence-corrected chi connectivity index (χ3v) is 8.04. The van der Waals surface area contributed by atoms with Crippen molar-refractivity contribution in [2.24, 2.45) is 0 Å². The molecule has 13 heteroatoms. The van der Waals surface area contributed by atoms with Crippen LogP contribution in [0.25, 0.3) is 0 Å². The van der Waals surface area contributed by atoms with Crippen LogP contribution in [0.4, 0.5) is 26.3 Å². The maximum Gasteiger partial charge on any atom is 0.416 e. The second-order valence-corrected chi connectivity index (χ2v) is 10.3. The molecule has 2 heterocycles. The SMILES string of the molecule is Cc1ccc(S(=O)(=O)N2CCN(C(=O)c3cc(C(F)(F)F)cc(C(F)(F)F)c3)CC2)s1. The number of halogens is 6. The summed E-state index contributed by atoms with van der Waals surface area (Å²) in [6.45, 7) is 1.15. The highest BCUT2D eigenvalue weighted by molar-refractivity contribution is 7.91.